The van der Waals surface area contributed by atoms with Gasteiger partial charge in [-0.1, -0.05) is 27.2 Å². The van der Waals surface area contributed by atoms with Gasteiger partial charge in [-0.15, -0.1) is 0 Å². The maximum atomic E-state index is 11.5. The van der Waals surface area contributed by atoms with Crippen LogP contribution in [-0.4, -0.2) is 38.6 Å². The van der Waals surface area contributed by atoms with E-state index in [-0.39, 0.29) is 18.4 Å². The highest BCUT2D eigenvalue weighted by Crippen LogP contribution is 1.98. The summed E-state index contributed by atoms with van der Waals surface area (Å²) in [6.07, 6.45) is 4.08. The van der Waals surface area contributed by atoms with Crippen LogP contribution in [0.2, 0.25) is 0 Å². The number of hydrogen-bond acceptors (Lipinski definition) is 4. The third-order valence-electron chi connectivity index (χ3n) is 2.18. The van der Waals surface area contributed by atoms with Crippen molar-refractivity contribution in [1.82, 2.24) is 5.32 Å². The van der Waals surface area contributed by atoms with Crippen LogP contribution in [0.3, 0.4) is 0 Å². The second-order valence-electron chi connectivity index (χ2n) is 3.98. The Hall–Kier alpha value is -0.450. The van der Waals surface area contributed by atoms with E-state index in [0.717, 1.165) is 38.8 Å². The summed E-state index contributed by atoms with van der Waals surface area (Å²) in [6.45, 7) is 8.18. The second kappa shape index (κ2) is 15.6. The first-order valence-electron chi connectivity index (χ1n) is 6.62. The average molecular weight is 246 g/mol. The van der Waals surface area contributed by atoms with Gasteiger partial charge in [-0.2, -0.15) is 0 Å². The fraction of sp³-hybridized carbons (Fsp3) is 0.923. The summed E-state index contributed by atoms with van der Waals surface area (Å²) in [7, 11) is 1.56. The minimum Gasteiger partial charge on any atom is -0.377 e. The van der Waals surface area contributed by atoms with E-state index < -0.39 is 0 Å². The summed E-state index contributed by atoms with van der Waals surface area (Å²) in [4.78, 5) is 11.5. The quantitative estimate of drug-likeness (QED) is 0.650. The number of nitrogens with one attached hydrogen (secondary N) is 1. The van der Waals surface area contributed by atoms with Crippen LogP contribution >= 0.6 is 0 Å². The van der Waals surface area contributed by atoms with Gasteiger partial charge in [0.15, 0.2) is 5.78 Å². The number of hydrogen-bond donors (Lipinski definition) is 2. The minimum absolute atomic E-state index is 0.00935. The van der Waals surface area contributed by atoms with Gasteiger partial charge in [0.2, 0.25) is 0 Å². The Labute approximate surface area is 106 Å². The normalized spacial score (nSPS) is 11.6. The van der Waals surface area contributed by atoms with Crippen molar-refractivity contribution in [2.45, 2.75) is 52.5 Å². The SMILES string of the molecule is CCCN.CCCNC(CCC)C(=O)COC. The van der Waals surface area contributed by atoms with Crippen LogP contribution in [0.4, 0.5) is 0 Å². The van der Waals surface area contributed by atoms with E-state index in [1.807, 2.05) is 0 Å². The maximum absolute atomic E-state index is 11.5. The smallest absolute Gasteiger partial charge is 0.175 e. The van der Waals surface area contributed by atoms with Crippen LogP contribution in [0, 0.1) is 0 Å². The van der Waals surface area contributed by atoms with Gasteiger partial charge >= 0.3 is 0 Å². The first-order chi connectivity index (χ1) is 8.17. The molecular formula is C13H30N2O2. The first kappa shape index (κ1) is 18.9. The van der Waals surface area contributed by atoms with Gasteiger partial charge in [0.1, 0.15) is 6.61 Å². The van der Waals surface area contributed by atoms with E-state index >= 15 is 0 Å². The molecule has 0 aromatic heterocycles. The molecule has 0 aromatic carbocycles. The molecule has 17 heavy (non-hydrogen) atoms. The standard InChI is InChI=1S/C10H21NO2.C3H9N/c1-4-6-9(11-7-5-2)10(12)8-13-3;1-2-3-4/h9,11H,4-8H2,1-3H3;2-4H2,1H3. The number of ketones is 1. The Bertz CT molecular complexity index is 161. The van der Waals surface area contributed by atoms with E-state index in [1.54, 1.807) is 7.11 Å². The van der Waals surface area contributed by atoms with Crippen LogP contribution in [-0.2, 0) is 9.53 Å². The van der Waals surface area contributed by atoms with Crippen molar-refractivity contribution >= 4 is 5.78 Å². The van der Waals surface area contributed by atoms with Crippen LogP contribution in [0.25, 0.3) is 0 Å². The van der Waals surface area contributed by atoms with Crippen LogP contribution in [0.5, 0.6) is 0 Å². The van der Waals surface area contributed by atoms with Gasteiger partial charge < -0.3 is 15.8 Å². The zero-order valence-corrected chi connectivity index (χ0v) is 11.9. The fourth-order valence-electron chi connectivity index (χ4n) is 1.23. The van der Waals surface area contributed by atoms with Gasteiger partial charge in [0.05, 0.1) is 6.04 Å². The topological polar surface area (TPSA) is 64.3 Å². The van der Waals surface area contributed by atoms with Crippen molar-refractivity contribution in [2.24, 2.45) is 5.73 Å². The van der Waals surface area contributed by atoms with E-state index in [1.165, 1.54) is 0 Å². The molecule has 0 amide bonds. The molecule has 0 radical (unpaired) electrons. The lowest BCUT2D eigenvalue weighted by atomic mass is 10.1. The second-order valence-corrected chi connectivity index (χ2v) is 3.98. The number of carbonyl (C=O) groups excluding carboxylic acids is 1. The molecule has 0 saturated heterocycles. The number of ether oxygens (including phenoxy) is 1. The molecule has 1 unspecified atom stereocenters. The number of Topliss-reactive ketones (excluding diaryl/α,β-unsaturated/α-hetero) is 1. The summed E-state index contributed by atoms with van der Waals surface area (Å²) >= 11 is 0. The molecule has 3 N–H and O–H groups in total. The minimum atomic E-state index is -0.00935. The molecular weight excluding hydrogens is 216 g/mol. The lowest BCUT2D eigenvalue weighted by molar-refractivity contribution is -0.124. The van der Waals surface area contributed by atoms with Gasteiger partial charge in [0.25, 0.3) is 0 Å². The van der Waals surface area contributed by atoms with Crippen LogP contribution in [0.15, 0.2) is 0 Å². The van der Waals surface area contributed by atoms with E-state index in [4.69, 9.17) is 10.5 Å². The lowest BCUT2D eigenvalue weighted by Crippen LogP contribution is -2.39. The van der Waals surface area contributed by atoms with Gasteiger partial charge in [-0.05, 0) is 32.4 Å². The zero-order valence-electron chi connectivity index (χ0n) is 11.9. The Kier molecular flexibility index (Phi) is 17.3. The molecule has 0 aromatic rings. The van der Waals surface area contributed by atoms with E-state index in [0.29, 0.717) is 0 Å². The highest BCUT2D eigenvalue weighted by molar-refractivity contribution is 5.85. The number of methoxy groups -OCH3 is 1. The predicted octanol–water partition coefficient (Wildman–Crippen LogP) is 1.73. The van der Waals surface area contributed by atoms with E-state index in [2.05, 4.69) is 26.1 Å². The highest BCUT2D eigenvalue weighted by Gasteiger charge is 2.15. The Morgan fingerprint density at radius 2 is 1.82 bits per heavy atom. The van der Waals surface area contributed by atoms with Crippen LogP contribution in [0.1, 0.15) is 46.5 Å². The molecule has 0 aliphatic carbocycles. The molecule has 4 nitrogen and oxygen atoms in total. The first-order valence-corrected chi connectivity index (χ1v) is 6.62. The van der Waals surface area contributed by atoms with Crippen molar-refractivity contribution in [1.29, 1.82) is 0 Å². The fourth-order valence-corrected chi connectivity index (χ4v) is 1.23. The monoisotopic (exact) mass is 246 g/mol. The number of carbonyl (C=O) groups is 1. The third-order valence-corrected chi connectivity index (χ3v) is 2.18. The highest BCUT2D eigenvalue weighted by atomic mass is 16.5. The molecule has 0 aliphatic heterocycles. The molecule has 0 aliphatic rings. The summed E-state index contributed by atoms with van der Waals surface area (Å²) in [5.74, 6) is 0.165. The molecule has 0 spiro atoms. The molecule has 4 heteroatoms. The Morgan fingerprint density at radius 1 is 1.24 bits per heavy atom. The number of rotatable bonds is 9. The van der Waals surface area contributed by atoms with Gasteiger partial charge in [-0.3, -0.25) is 4.79 Å². The van der Waals surface area contributed by atoms with Crippen LogP contribution < -0.4 is 11.1 Å². The summed E-state index contributed by atoms with van der Waals surface area (Å²) in [6, 6.07) is -0.00935. The molecule has 0 bridgehead atoms. The Morgan fingerprint density at radius 3 is 2.18 bits per heavy atom. The van der Waals surface area contributed by atoms with Crippen molar-refractivity contribution in [3.05, 3.63) is 0 Å². The van der Waals surface area contributed by atoms with Crippen molar-refractivity contribution in [3.63, 3.8) is 0 Å². The molecule has 1 atom stereocenters. The lowest BCUT2D eigenvalue weighted by Gasteiger charge is -2.15. The summed E-state index contributed by atoms with van der Waals surface area (Å²) in [5, 5.41) is 3.23. The van der Waals surface area contributed by atoms with Crippen molar-refractivity contribution in [3.8, 4) is 0 Å². The van der Waals surface area contributed by atoms with Gasteiger partial charge in [0, 0.05) is 7.11 Å². The maximum Gasteiger partial charge on any atom is 0.175 e. The molecule has 104 valence electrons. The largest absolute Gasteiger partial charge is 0.377 e. The molecule has 0 heterocycles. The van der Waals surface area contributed by atoms with Crippen molar-refractivity contribution < 1.29 is 9.53 Å². The Balaban J connectivity index is 0. The molecule has 0 fully saturated rings. The van der Waals surface area contributed by atoms with Gasteiger partial charge in [-0.25, -0.2) is 0 Å². The molecule has 0 rings (SSSR count). The van der Waals surface area contributed by atoms with E-state index in [9.17, 15) is 4.79 Å². The molecule has 0 saturated carbocycles. The average Bonchev–Trinajstić information content (AvgIpc) is 2.35. The predicted molar refractivity (Wildman–Crippen MR) is 73.2 cm³/mol. The third kappa shape index (κ3) is 13.5. The summed E-state index contributed by atoms with van der Waals surface area (Å²) in [5.41, 5.74) is 5.03. The van der Waals surface area contributed by atoms with Crippen molar-refractivity contribution in [2.75, 3.05) is 26.8 Å². The zero-order chi connectivity index (χ0) is 13.5. The number of nitrogens with two attached hydrogens (primary N) is 1. The summed E-state index contributed by atoms with van der Waals surface area (Å²) < 4.78 is 4.82.